The zero-order valence-electron chi connectivity index (χ0n) is 13.3. The number of ether oxygens (including phenoxy) is 1. The van der Waals surface area contributed by atoms with Gasteiger partial charge < -0.3 is 9.84 Å². The van der Waals surface area contributed by atoms with E-state index in [0.717, 1.165) is 12.0 Å². The molecule has 1 heterocycles. The summed E-state index contributed by atoms with van der Waals surface area (Å²) in [6.45, 7) is 2.26. The van der Waals surface area contributed by atoms with Crippen molar-refractivity contribution in [1.29, 1.82) is 0 Å². The zero-order chi connectivity index (χ0) is 14.9. The summed E-state index contributed by atoms with van der Waals surface area (Å²) in [6.07, 6.45) is 11.7. The third-order valence-corrected chi connectivity index (χ3v) is 4.42. The second-order valence-electron chi connectivity index (χ2n) is 6.26. The quantitative estimate of drug-likeness (QED) is 0.458. The first-order chi connectivity index (χ1) is 10.3. The average Bonchev–Trinajstić information content (AvgIpc) is 3.29. The highest BCUT2D eigenvalue weighted by molar-refractivity contribution is 5.20. The fraction of sp³-hybridized carbons (Fsp3) is 0.684. The number of unbranched alkanes of at least 4 members (excludes halogenated alkanes) is 7. The van der Waals surface area contributed by atoms with Gasteiger partial charge in [0.05, 0.1) is 6.10 Å². The van der Waals surface area contributed by atoms with Crippen molar-refractivity contribution >= 4 is 0 Å². The Morgan fingerprint density at radius 1 is 0.952 bits per heavy atom. The van der Waals surface area contributed by atoms with Crippen molar-refractivity contribution in [2.24, 2.45) is 0 Å². The van der Waals surface area contributed by atoms with Gasteiger partial charge in [-0.25, -0.2) is 0 Å². The van der Waals surface area contributed by atoms with Crippen molar-refractivity contribution in [2.75, 3.05) is 0 Å². The molecule has 0 bridgehead atoms. The standard InChI is InChI=1S/C19H30O2/c1-2-3-4-5-6-7-8-12-15-17-19(21-17)18(20)16-13-10-9-11-14-16/h9-11,13-14,17-20H,2-8,12,15H2,1H3/t17-,18+,19+/m1/s1. The third-order valence-electron chi connectivity index (χ3n) is 4.42. The number of aliphatic hydroxyl groups excluding tert-OH is 1. The largest absolute Gasteiger partial charge is 0.386 e. The summed E-state index contributed by atoms with van der Waals surface area (Å²) < 4.78 is 5.64. The minimum Gasteiger partial charge on any atom is -0.386 e. The van der Waals surface area contributed by atoms with Gasteiger partial charge in [-0.3, -0.25) is 0 Å². The van der Waals surface area contributed by atoms with E-state index in [1.165, 1.54) is 51.4 Å². The van der Waals surface area contributed by atoms with Crippen molar-refractivity contribution in [3.63, 3.8) is 0 Å². The molecule has 2 nitrogen and oxygen atoms in total. The normalized spacial score (nSPS) is 22.2. The number of benzene rings is 1. The lowest BCUT2D eigenvalue weighted by Crippen LogP contribution is -2.08. The monoisotopic (exact) mass is 290 g/mol. The fourth-order valence-electron chi connectivity index (χ4n) is 2.99. The molecule has 0 unspecified atom stereocenters. The third kappa shape index (κ3) is 5.80. The number of epoxide rings is 1. The Hall–Kier alpha value is -0.860. The van der Waals surface area contributed by atoms with Crippen LogP contribution in [-0.2, 0) is 4.74 Å². The maximum absolute atomic E-state index is 10.2. The molecule has 0 aliphatic carbocycles. The zero-order valence-corrected chi connectivity index (χ0v) is 13.3. The number of rotatable bonds is 11. The van der Waals surface area contributed by atoms with Crippen LogP contribution >= 0.6 is 0 Å². The Labute approximate surface area is 129 Å². The molecule has 1 fully saturated rings. The van der Waals surface area contributed by atoms with E-state index < -0.39 is 6.10 Å². The first kappa shape index (κ1) is 16.5. The smallest absolute Gasteiger partial charge is 0.114 e. The second kappa shape index (κ2) is 9.22. The first-order valence-electron chi connectivity index (χ1n) is 8.71. The molecule has 1 N–H and O–H groups in total. The molecule has 0 saturated carbocycles. The Morgan fingerprint density at radius 3 is 2.24 bits per heavy atom. The number of hydrogen-bond acceptors (Lipinski definition) is 2. The lowest BCUT2D eigenvalue weighted by Gasteiger charge is -2.07. The van der Waals surface area contributed by atoms with E-state index in [0.29, 0.717) is 0 Å². The van der Waals surface area contributed by atoms with Crippen LogP contribution in [0.1, 0.15) is 76.4 Å². The molecule has 1 aromatic carbocycles. The van der Waals surface area contributed by atoms with E-state index in [4.69, 9.17) is 4.74 Å². The summed E-state index contributed by atoms with van der Waals surface area (Å²) in [4.78, 5) is 0. The van der Waals surface area contributed by atoms with Gasteiger partial charge in [0.2, 0.25) is 0 Å². The van der Waals surface area contributed by atoms with E-state index >= 15 is 0 Å². The summed E-state index contributed by atoms with van der Waals surface area (Å²) in [7, 11) is 0. The minimum absolute atomic E-state index is 0.0250. The van der Waals surface area contributed by atoms with Crippen LogP contribution in [0.3, 0.4) is 0 Å². The van der Waals surface area contributed by atoms with E-state index in [1.807, 2.05) is 30.3 Å². The van der Waals surface area contributed by atoms with Crippen molar-refractivity contribution in [1.82, 2.24) is 0 Å². The highest BCUT2D eigenvalue weighted by Crippen LogP contribution is 2.37. The summed E-state index contributed by atoms with van der Waals surface area (Å²) in [5, 5.41) is 10.2. The molecule has 21 heavy (non-hydrogen) atoms. The van der Waals surface area contributed by atoms with Crippen molar-refractivity contribution < 1.29 is 9.84 Å². The van der Waals surface area contributed by atoms with Gasteiger partial charge in [0, 0.05) is 0 Å². The van der Waals surface area contributed by atoms with Gasteiger partial charge in [-0.1, -0.05) is 88.6 Å². The molecular formula is C19H30O2. The molecule has 0 radical (unpaired) electrons. The Balaban J connectivity index is 1.50. The SMILES string of the molecule is CCCCCCCCCC[C@H]1O[C@@H]1[C@@H](O)c1ccccc1. The highest BCUT2D eigenvalue weighted by Gasteiger charge is 2.43. The maximum Gasteiger partial charge on any atom is 0.114 e. The molecule has 1 aliphatic heterocycles. The molecule has 3 atom stereocenters. The van der Waals surface area contributed by atoms with Gasteiger partial charge in [-0.2, -0.15) is 0 Å². The van der Waals surface area contributed by atoms with Crippen LogP contribution in [0.5, 0.6) is 0 Å². The molecule has 1 saturated heterocycles. The topological polar surface area (TPSA) is 32.8 Å². The molecule has 1 aromatic rings. The predicted octanol–water partition coefficient (Wildman–Crippen LogP) is 5.02. The molecule has 0 aromatic heterocycles. The van der Waals surface area contributed by atoms with E-state index in [2.05, 4.69) is 6.92 Å². The highest BCUT2D eigenvalue weighted by atomic mass is 16.6. The molecule has 0 spiro atoms. The summed E-state index contributed by atoms with van der Waals surface area (Å²) in [6, 6.07) is 9.85. The lowest BCUT2D eigenvalue weighted by molar-refractivity contribution is 0.137. The summed E-state index contributed by atoms with van der Waals surface area (Å²) in [5.41, 5.74) is 0.973. The van der Waals surface area contributed by atoms with E-state index in [-0.39, 0.29) is 12.2 Å². The Bertz CT molecular complexity index is 376. The molecule has 118 valence electrons. The average molecular weight is 290 g/mol. The Morgan fingerprint density at radius 2 is 1.57 bits per heavy atom. The van der Waals surface area contributed by atoms with E-state index in [9.17, 15) is 5.11 Å². The van der Waals surface area contributed by atoms with Gasteiger partial charge in [-0.05, 0) is 12.0 Å². The van der Waals surface area contributed by atoms with E-state index in [1.54, 1.807) is 0 Å². The predicted molar refractivity (Wildman–Crippen MR) is 87.3 cm³/mol. The molecule has 2 heteroatoms. The first-order valence-corrected chi connectivity index (χ1v) is 8.71. The van der Waals surface area contributed by atoms with Gasteiger partial charge in [0.25, 0.3) is 0 Å². The van der Waals surface area contributed by atoms with Gasteiger partial charge >= 0.3 is 0 Å². The number of aliphatic hydroxyl groups is 1. The summed E-state index contributed by atoms with van der Waals surface area (Å²) >= 11 is 0. The minimum atomic E-state index is -0.453. The summed E-state index contributed by atoms with van der Waals surface area (Å²) in [5.74, 6) is 0. The lowest BCUT2D eigenvalue weighted by atomic mass is 10.0. The van der Waals surface area contributed by atoms with Crippen molar-refractivity contribution in [3.05, 3.63) is 35.9 Å². The van der Waals surface area contributed by atoms with Gasteiger partial charge in [0.15, 0.2) is 0 Å². The molecule has 0 amide bonds. The maximum atomic E-state index is 10.2. The van der Waals surface area contributed by atoms with Crippen LogP contribution in [0.4, 0.5) is 0 Å². The Kier molecular flexibility index (Phi) is 7.25. The molecule has 1 aliphatic rings. The van der Waals surface area contributed by atoms with Crippen molar-refractivity contribution in [3.8, 4) is 0 Å². The molecule has 2 rings (SSSR count). The second-order valence-corrected chi connectivity index (χ2v) is 6.26. The van der Waals surface area contributed by atoms with Gasteiger partial charge in [-0.15, -0.1) is 0 Å². The van der Waals surface area contributed by atoms with Gasteiger partial charge in [0.1, 0.15) is 12.2 Å². The number of hydrogen-bond donors (Lipinski definition) is 1. The molecular weight excluding hydrogens is 260 g/mol. The van der Waals surface area contributed by atoms with Crippen LogP contribution in [0.25, 0.3) is 0 Å². The van der Waals surface area contributed by atoms with Crippen LogP contribution in [0, 0.1) is 0 Å². The van der Waals surface area contributed by atoms with Crippen LogP contribution in [0.2, 0.25) is 0 Å². The van der Waals surface area contributed by atoms with Crippen LogP contribution in [-0.4, -0.2) is 17.3 Å². The van der Waals surface area contributed by atoms with Crippen LogP contribution in [0.15, 0.2) is 30.3 Å². The fourth-order valence-corrected chi connectivity index (χ4v) is 2.99. The van der Waals surface area contributed by atoms with Crippen molar-refractivity contribution in [2.45, 2.75) is 83.0 Å². The van der Waals surface area contributed by atoms with Crippen LogP contribution < -0.4 is 0 Å².